The van der Waals surface area contributed by atoms with Gasteiger partial charge in [0.2, 0.25) is 0 Å². The molecular weight excluding hydrogens is 106 g/mol. The highest BCUT2D eigenvalue weighted by atomic mass is 16.5. The van der Waals surface area contributed by atoms with Crippen molar-refractivity contribution >= 4 is 5.97 Å². The van der Waals surface area contributed by atoms with Crippen molar-refractivity contribution in [2.75, 3.05) is 13.2 Å². The Balaban J connectivity index is 2.39. The van der Waals surface area contributed by atoms with Crippen molar-refractivity contribution in [2.45, 2.75) is 13.0 Å². The van der Waals surface area contributed by atoms with E-state index in [9.17, 15) is 4.79 Å². The van der Waals surface area contributed by atoms with Crippen molar-refractivity contribution in [2.24, 2.45) is 0 Å². The lowest BCUT2D eigenvalue weighted by Crippen LogP contribution is -2.43. The van der Waals surface area contributed by atoms with Gasteiger partial charge in [0, 0.05) is 6.54 Å². The zero-order chi connectivity index (χ0) is 5.98. The number of carbonyl (C=O) groups excluding carboxylic acids is 1. The minimum Gasteiger partial charge on any atom is -0.463 e. The van der Waals surface area contributed by atoms with Gasteiger partial charge >= 0.3 is 5.97 Å². The SMILES string of the molecule is CC1NCCOC1=O. The normalized spacial score (nSPS) is 29.6. The number of hydrogen-bond acceptors (Lipinski definition) is 3. The largest absolute Gasteiger partial charge is 0.463 e. The van der Waals surface area contributed by atoms with Crippen LogP contribution < -0.4 is 5.32 Å². The summed E-state index contributed by atoms with van der Waals surface area (Å²) in [6.07, 6.45) is 0. The van der Waals surface area contributed by atoms with Crippen LogP contribution in [0.1, 0.15) is 6.92 Å². The third-order valence-electron chi connectivity index (χ3n) is 1.15. The third kappa shape index (κ3) is 0.980. The predicted molar refractivity (Wildman–Crippen MR) is 28.4 cm³/mol. The smallest absolute Gasteiger partial charge is 0.322 e. The van der Waals surface area contributed by atoms with Gasteiger partial charge < -0.3 is 10.1 Å². The standard InChI is InChI=1S/C5H9NO2/c1-4-5(7)8-3-2-6-4/h4,6H,2-3H2,1H3. The molecule has 0 aliphatic carbocycles. The molecule has 3 heteroatoms. The molecular formula is C5H9NO2. The zero-order valence-electron chi connectivity index (χ0n) is 4.81. The fourth-order valence-electron chi connectivity index (χ4n) is 0.635. The fraction of sp³-hybridized carbons (Fsp3) is 0.800. The zero-order valence-corrected chi connectivity index (χ0v) is 4.81. The van der Waals surface area contributed by atoms with E-state index in [1.165, 1.54) is 0 Å². The highest BCUT2D eigenvalue weighted by Crippen LogP contribution is 1.91. The molecule has 1 aliphatic heterocycles. The minimum absolute atomic E-state index is 0.108. The summed E-state index contributed by atoms with van der Waals surface area (Å²) in [6.45, 7) is 3.09. The van der Waals surface area contributed by atoms with Crippen LogP contribution in [0, 0.1) is 0 Å². The Morgan fingerprint density at radius 1 is 1.88 bits per heavy atom. The van der Waals surface area contributed by atoms with Gasteiger partial charge in [-0.3, -0.25) is 4.79 Å². The summed E-state index contributed by atoms with van der Waals surface area (Å²) in [4.78, 5) is 10.5. The molecule has 0 aromatic heterocycles. The van der Waals surface area contributed by atoms with Gasteiger partial charge in [0.1, 0.15) is 12.6 Å². The molecule has 0 radical (unpaired) electrons. The number of ether oxygens (including phenoxy) is 1. The predicted octanol–water partition coefficient (Wildman–Crippen LogP) is -0.479. The van der Waals surface area contributed by atoms with E-state index in [-0.39, 0.29) is 12.0 Å². The first-order valence-corrected chi connectivity index (χ1v) is 2.71. The first kappa shape index (κ1) is 5.56. The van der Waals surface area contributed by atoms with Crippen LogP contribution in [0.2, 0.25) is 0 Å². The van der Waals surface area contributed by atoms with Gasteiger partial charge in [0.05, 0.1) is 0 Å². The number of cyclic esters (lactones) is 1. The van der Waals surface area contributed by atoms with Gasteiger partial charge in [-0.25, -0.2) is 0 Å². The van der Waals surface area contributed by atoms with Crippen LogP contribution in [0.5, 0.6) is 0 Å². The van der Waals surface area contributed by atoms with Crippen molar-refractivity contribution in [3.05, 3.63) is 0 Å². The van der Waals surface area contributed by atoms with Gasteiger partial charge in [0.15, 0.2) is 0 Å². The van der Waals surface area contributed by atoms with E-state index in [1.807, 2.05) is 0 Å². The number of morpholine rings is 1. The average Bonchev–Trinajstić information content (AvgIpc) is 1.77. The van der Waals surface area contributed by atoms with E-state index in [2.05, 4.69) is 10.1 Å². The number of hydrogen-bond donors (Lipinski definition) is 1. The molecule has 1 unspecified atom stereocenters. The van der Waals surface area contributed by atoms with Crippen LogP contribution in [0.4, 0.5) is 0 Å². The fourth-order valence-corrected chi connectivity index (χ4v) is 0.635. The molecule has 1 rings (SSSR count). The average molecular weight is 115 g/mol. The number of rotatable bonds is 0. The van der Waals surface area contributed by atoms with Gasteiger partial charge in [-0.1, -0.05) is 0 Å². The molecule has 0 bridgehead atoms. The van der Waals surface area contributed by atoms with E-state index in [1.54, 1.807) is 6.92 Å². The van der Waals surface area contributed by atoms with E-state index < -0.39 is 0 Å². The lowest BCUT2D eigenvalue weighted by atomic mass is 10.3. The maximum Gasteiger partial charge on any atom is 0.322 e. The summed E-state index contributed by atoms with van der Waals surface area (Å²) in [6, 6.07) is -0.108. The van der Waals surface area contributed by atoms with Crippen molar-refractivity contribution in [3.8, 4) is 0 Å². The van der Waals surface area contributed by atoms with Crippen LogP contribution in [0.15, 0.2) is 0 Å². The summed E-state index contributed by atoms with van der Waals surface area (Å²) in [5.41, 5.74) is 0. The first-order chi connectivity index (χ1) is 3.80. The number of esters is 1. The molecule has 1 atom stereocenters. The highest BCUT2D eigenvalue weighted by Gasteiger charge is 2.16. The molecule has 1 aliphatic rings. The van der Waals surface area contributed by atoms with Crippen LogP contribution >= 0.6 is 0 Å². The molecule has 1 N–H and O–H groups in total. The Morgan fingerprint density at radius 3 is 3.00 bits per heavy atom. The maximum atomic E-state index is 10.5. The van der Waals surface area contributed by atoms with Gasteiger partial charge in [0.25, 0.3) is 0 Å². The molecule has 8 heavy (non-hydrogen) atoms. The summed E-state index contributed by atoms with van der Waals surface area (Å²) in [7, 11) is 0. The van der Waals surface area contributed by atoms with Crippen LogP contribution in [-0.4, -0.2) is 25.2 Å². The molecule has 1 fully saturated rings. The molecule has 0 amide bonds. The van der Waals surface area contributed by atoms with Crippen LogP contribution in [0.25, 0.3) is 0 Å². The van der Waals surface area contributed by atoms with Gasteiger partial charge in [-0.2, -0.15) is 0 Å². The van der Waals surface area contributed by atoms with Crippen LogP contribution in [0.3, 0.4) is 0 Å². The van der Waals surface area contributed by atoms with Crippen molar-refractivity contribution < 1.29 is 9.53 Å². The minimum atomic E-state index is -0.142. The van der Waals surface area contributed by atoms with Crippen molar-refractivity contribution in [3.63, 3.8) is 0 Å². The van der Waals surface area contributed by atoms with E-state index in [0.29, 0.717) is 6.61 Å². The molecule has 1 heterocycles. The Labute approximate surface area is 48.0 Å². The monoisotopic (exact) mass is 115 g/mol. The molecule has 0 spiro atoms. The first-order valence-electron chi connectivity index (χ1n) is 2.71. The summed E-state index contributed by atoms with van der Waals surface area (Å²) in [5, 5.41) is 2.96. The lowest BCUT2D eigenvalue weighted by molar-refractivity contribution is -0.148. The molecule has 0 saturated carbocycles. The third-order valence-corrected chi connectivity index (χ3v) is 1.15. The molecule has 3 nitrogen and oxygen atoms in total. The summed E-state index contributed by atoms with van der Waals surface area (Å²) in [5.74, 6) is -0.142. The lowest BCUT2D eigenvalue weighted by Gasteiger charge is -2.18. The number of carbonyl (C=O) groups is 1. The van der Waals surface area contributed by atoms with E-state index >= 15 is 0 Å². The van der Waals surface area contributed by atoms with Gasteiger partial charge in [-0.15, -0.1) is 0 Å². The Morgan fingerprint density at radius 2 is 2.62 bits per heavy atom. The highest BCUT2D eigenvalue weighted by molar-refractivity contribution is 5.75. The Bertz CT molecular complexity index is 103. The summed E-state index contributed by atoms with van der Waals surface area (Å²) >= 11 is 0. The van der Waals surface area contributed by atoms with Crippen LogP contribution in [-0.2, 0) is 9.53 Å². The Kier molecular flexibility index (Phi) is 1.48. The molecule has 46 valence electrons. The number of nitrogens with one attached hydrogen (secondary N) is 1. The molecule has 0 aromatic rings. The quantitative estimate of drug-likeness (QED) is 0.433. The van der Waals surface area contributed by atoms with Crippen molar-refractivity contribution in [1.82, 2.24) is 5.32 Å². The van der Waals surface area contributed by atoms with E-state index in [4.69, 9.17) is 0 Å². The van der Waals surface area contributed by atoms with E-state index in [0.717, 1.165) is 6.54 Å². The molecule has 0 aromatic carbocycles. The molecule has 1 saturated heterocycles. The van der Waals surface area contributed by atoms with Crippen molar-refractivity contribution in [1.29, 1.82) is 0 Å². The topological polar surface area (TPSA) is 38.3 Å². The second kappa shape index (κ2) is 2.13. The summed E-state index contributed by atoms with van der Waals surface area (Å²) < 4.78 is 4.69. The second-order valence-electron chi connectivity index (χ2n) is 1.84. The maximum absolute atomic E-state index is 10.5. The second-order valence-corrected chi connectivity index (χ2v) is 1.84. The van der Waals surface area contributed by atoms with Gasteiger partial charge in [-0.05, 0) is 6.92 Å². The Hall–Kier alpha value is -0.570.